The molecule has 1 aromatic carbocycles. The van der Waals surface area contributed by atoms with Gasteiger partial charge >= 0.3 is 6.18 Å². The van der Waals surface area contributed by atoms with Gasteiger partial charge in [0.2, 0.25) is 0 Å². The zero-order chi connectivity index (χ0) is 13.6. The van der Waals surface area contributed by atoms with E-state index in [9.17, 15) is 17.6 Å². The Bertz CT molecular complexity index is 367. The van der Waals surface area contributed by atoms with E-state index in [1.54, 1.807) is 6.07 Å². The van der Waals surface area contributed by atoms with Crippen molar-refractivity contribution in [3.8, 4) is 0 Å². The van der Waals surface area contributed by atoms with Gasteiger partial charge in [-0.2, -0.15) is 13.2 Å². The fourth-order valence-electron chi connectivity index (χ4n) is 1.51. The molecule has 102 valence electrons. The number of hydrogen-bond donors (Lipinski definition) is 1. The summed E-state index contributed by atoms with van der Waals surface area (Å²) in [6.45, 7) is 0.0351. The summed E-state index contributed by atoms with van der Waals surface area (Å²) < 4.78 is 53.9. The van der Waals surface area contributed by atoms with Gasteiger partial charge in [0, 0.05) is 19.6 Å². The van der Waals surface area contributed by atoms with Gasteiger partial charge in [0.1, 0.15) is 5.82 Å². The van der Waals surface area contributed by atoms with Crippen LogP contribution in [0.2, 0.25) is 0 Å². The number of benzene rings is 1. The monoisotopic (exact) mass is 265 g/mol. The van der Waals surface area contributed by atoms with Crippen molar-refractivity contribution in [2.24, 2.45) is 5.73 Å². The maximum Gasteiger partial charge on any atom is 0.389 e. The van der Waals surface area contributed by atoms with Gasteiger partial charge in [-0.15, -0.1) is 0 Å². The lowest BCUT2D eigenvalue weighted by Crippen LogP contribution is -2.17. The summed E-state index contributed by atoms with van der Waals surface area (Å²) in [6.07, 6.45) is -5.78. The molecule has 6 heteroatoms. The molecule has 1 aromatic rings. The summed E-state index contributed by atoms with van der Waals surface area (Å²) in [5, 5.41) is 0. The van der Waals surface area contributed by atoms with E-state index in [4.69, 9.17) is 10.5 Å². The van der Waals surface area contributed by atoms with Crippen molar-refractivity contribution in [3.05, 3.63) is 35.6 Å². The van der Waals surface area contributed by atoms with E-state index in [1.807, 2.05) is 0 Å². The van der Waals surface area contributed by atoms with Crippen molar-refractivity contribution in [2.45, 2.75) is 25.1 Å². The van der Waals surface area contributed by atoms with E-state index in [0.717, 1.165) is 0 Å². The maximum absolute atomic E-state index is 13.0. The highest BCUT2D eigenvalue weighted by Gasteiger charge is 2.26. The highest BCUT2D eigenvalue weighted by atomic mass is 19.4. The molecule has 0 fully saturated rings. The molecule has 0 bridgehead atoms. The highest BCUT2D eigenvalue weighted by molar-refractivity contribution is 5.19. The number of nitrogens with two attached hydrogens (primary N) is 1. The Kier molecular flexibility index (Phi) is 5.55. The summed E-state index contributed by atoms with van der Waals surface area (Å²) in [5.41, 5.74) is 5.99. The van der Waals surface area contributed by atoms with Crippen LogP contribution in [-0.2, 0) is 4.74 Å². The molecule has 0 aliphatic rings. The lowest BCUT2D eigenvalue weighted by atomic mass is 10.1. The van der Waals surface area contributed by atoms with Crippen LogP contribution >= 0.6 is 0 Å². The van der Waals surface area contributed by atoms with Crippen molar-refractivity contribution in [2.75, 3.05) is 13.2 Å². The first kappa shape index (κ1) is 14.9. The molecule has 0 saturated heterocycles. The number of rotatable bonds is 6. The second-order valence-electron chi connectivity index (χ2n) is 3.87. The molecular weight excluding hydrogens is 250 g/mol. The maximum atomic E-state index is 13.0. The molecule has 1 rings (SSSR count). The van der Waals surface area contributed by atoms with Crippen molar-refractivity contribution < 1.29 is 22.3 Å². The average Bonchev–Trinajstić information content (AvgIpc) is 2.27. The van der Waals surface area contributed by atoms with E-state index in [-0.39, 0.29) is 19.6 Å². The van der Waals surface area contributed by atoms with Gasteiger partial charge in [-0.25, -0.2) is 4.39 Å². The van der Waals surface area contributed by atoms with Gasteiger partial charge in [0.25, 0.3) is 0 Å². The van der Waals surface area contributed by atoms with Crippen molar-refractivity contribution in [1.29, 1.82) is 0 Å². The van der Waals surface area contributed by atoms with Gasteiger partial charge in [0.15, 0.2) is 0 Å². The minimum atomic E-state index is -4.18. The third-order valence-electron chi connectivity index (χ3n) is 2.36. The largest absolute Gasteiger partial charge is 0.389 e. The number of halogens is 4. The number of hydrogen-bond acceptors (Lipinski definition) is 2. The Hall–Kier alpha value is -1.14. The normalized spacial score (nSPS) is 13.6. The van der Waals surface area contributed by atoms with Gasteiger partial charge in [0.05, 0.1) is 6.10 Å². The molecule has 0 aromatic heterocycles. The highest BCUT2D eigenvalue weighted by Crippen LogP contribution is 2.22. The smallest absolute Gasteiger partial charge is 0.372 e. The number of ether oxygens (including phenoxy) is 1. The standard InChI is InChI=1S/C12H15F4NO/c13-10-4-1-3-9(7-10)11(8-17)18-6-2-5-12(14,15)16/h1,3-4,7,11H,2,5-6,8,17H2. The summed E-state index contributed by atoms with van der Waals surface area (Å²) in [7, 11) is 0. The van der Waals surface area contributed by atoms with Gasteiger partial charge in [-0.3, -0.25) is 0 Å². The summed E-state index contributed by atoms with van der Waals surface area (Å²) in [5.74, 6) is -0.426. The molecule has 0 amide bonds. The zero-order valence-electron chi connectivity index (χ0n) is 9.71. The molecular formula is C12H15F4NO. The first-order valence-corrected chi connectivity index (χ1v) is 5.56. The molecule has 0 heterocycles. The molecule has 0 aliphatic carbocycles. The first-order chi connectivity index (χ1) is 8.42. The molecule has 2 N–H and O–H groups in total. The van der Waals surface area contributed by atoms with Gasteiger partial charge < -0.3 is 10.5 Å². The average molecular weight is 265 g/mol. The van der Waals surface area contributed by atoms with Crippen molar-refractivity contribution in [1.82, 2.24) is 0 Å². The second-order valence-corrected chi connectivity index (χ2v) is 3.87. The fourth-order valence-corrected chi connectivity index (χ4v) is 1.51. The minimum absolute atomic E-state index is 0.0576. The predicted octanol–water partition coefficient (Wildman–Crippen LogP) is 3.18. The Morgan fingerprint density at radius 1 is 1.28 bits per heavy atom. The predicted molar refractivity (Wildman–Crippen MR) is 59.4 cm³/mol. The zero-order valence-corrected chi connectivity index (χ0v) is 9.71. The van der Waals surface area contributed by atoms with E-state index in [1.165, 1.54) is 18.2 Å². The van der Waals surface area contributed by atoms with Gasteiger partial charge in [-0.1, -0.05) is 12.1 Å². The van der Waals surface area contributed by atoms with Crippen LogP contribution in [0.25, 0.3) is 0 Å². The van der Waals surface area contributed by atoms with Gasteiger partial charge in [-0.05, 0) is 24.1 Å². The third kappa shape index (κ3) is 5.46. The molecule has 1 atom stereocenters. The summed E-state index contributed by atoms with van der Waals surface area (Å²) >= 11 is 0. The molecule has 0 spiro atoms. The van der Waals surface area contributed by atoms with Crippen LogP contribution in [0.3, 0.4) is 0 Å². The van der Waals surface area contributed by atoms with Crippen LogP contribution in [0.5, 0.6) is 0 Å². The Labute approximate surface area is 103 Å². The lowest BCUT2D eigenvalue weighted by molar-refractivity contribution is -0.138. The van der Waals surface area contributed by atoms with Crippen LogP contribution in [0.15, 0.2) is 24.3 Å². The molecule has 1 unspecified atom stereocenters. The second kappa shape index (κ2) is 6.70. The molecule has 2 nitrogen and oxygen atoms in total. The first-order valence-electron chi connectivity index (χ1n) is 5.56. The fraction of sp³-hybridized carbons (Fsp3) is 0.500. The molecule has 18 heavy (non-hydrogen) atoms. The Balaban J connectivity index is 2.43. The van der Waals surface area contributed by atoms with E-state index in [2.05, 4.69) is 0 Å². The minimum Gasteiger partial charge on any atom is -0.372 e. The summed E-state index contributed by atoms with van der Waals surface area (Å²) in [4.78, 5) is 0. The quantitative estimate of drug-likeness (QED) is 0.633. The summed E-state index contributed by atoms with van der Waals surface area (Å²) in [6, 6.07) is 5.68. The van der Waals surface area contributed by atoms with E-state index in [0.29, 0.717) is 5.56 Å². The molecule has 0 radical (unpaired) electrons. The third-order valence-corrected chi connectivity index (χ3v) is 2.36. The topological polar surface area (TPSA) is 35.2 Å². The number of alkyl halides is 3. The van der Waals surface area contributed by atoms with Crippen LogP contribution < -0.4 is 5.73 Å². The Morgan fingerprint density at radius 2 is 2.00 bits per heavy atom. The van der Waals surface area contributed by atoms with Crippen molar-refractivity contribution >= 4 is 0 Å². The molecule has 0 aliphatic heterocycles. The van der Waals surface area contributed by atoms with Crippen LogP contribution in [0, 0.1) is 5.82 Å². The van der Waals surface area contributed by atoms with Crippen LogP contribution in [0.4, 0.5) is 17.6 Å². The van der Waals surface area contributed by atoms with E-state index >= 15 is 0 Å². The SMILES string of the molecule is NCC(OCCCC(F)(F)F)c1cccc(F)c1. The van der Waals surface area contributed by atoms with Crippen LogP contribution in [0.1, 0.15) is 24.5 Å². The Morgan fingerprint density at radius 3 is 2.56 bits per heavy atom. The van der Waals surface area contributed by atoms with Crippen LogP contribution in [-0.4, -0.2) is 19.3 Å². The lowest BCUT2D eigenvalue weighted by Gasteiger charge is -2.16. The van der Waals surface area contributed by atoms with Crippen molar-refractivity contribution in [3.63, 3.8) is 0 Å². The molecule has 0 saturated carbocycles. The van der Waals surface area contributed by atoms with E-state index < -0.39 is 24.5 Å².